The molecular formula is C24H16FNO5. The van der Waals surface area contributed by atoms with Crippen LogP contribution in [0.3, 0.4) is 0 Å². The fraction of sp³-hybridized carbons (Fsp3) is 0.0833. The Kier molecular flexibility index (Phi) is 4.43. The van der Waals surface area contributed by atoms with E-state index in [-0.39, 0.29) is 29.2 Å². The number of benzene rings is 3. The normalized spacial score (nSPS) is 12.2. The average molecular weight is 417 g/mol. The van der Waals surface area contributed by atoms with Gasteiger partial charge in [-0.15, -0.1) is 0 Å². The number of amides is 1. The quantitative estimate of drug-likeness (QED) is 0.514. The molecule has 0 radical (unpaired) electrons. The highest BCUT2D eigenvalue weighted by Gasteiger charge is 2.23. The summed E-state index contributed by atoms with van der Waals surface area (Å²) >= 11 is 0. The summed E-state index contributed by atoms with van der Waals surface area (Å²) in [5.74, 6) is -0.437. The third kappa shape index (κ3) is 3.20. The number of anilines is 1. The smallest absolute Gasteiger partial charge is 0.260 e. The van der Waals surface area contributed by atoms with Crippen molar-refractivity contribution in [2.24, 2.45) is 0 Å². The summed E-state index contributed by atoms with van der Waals surface area (Å²) in [4.78, 5) is 26.2. The van der Waals surface area contributed by atoms with Gasteiger partial charge in [0.1, 0.15) is 11.4 Å². The highest BCUT2D eigenvalue weighted by Crippen LogP contribution is 2.38. The standard InChI is InChI=1S/C24H16FNO5/c1-13-5-4-7-16-21(27)20(14-9-10-18-19(11-14)30-12-29-18)24(31-22(13)16)26-23(28)15-6-2-3-8-17(15)25/h2-11H,12H2,1H3,(H,26,28). The van der Waals surface area contributed by atoms with Crippen molar-refractivity contribution in [1.29, 1.82) is 0 Å². The highest BCUT2D eigenvalue weighted by atomic mass is 19.1. The predicted octanol–water partition coefficient (Wildman–Crippen LogP) is 4.89. The van der Waals surface area contributed by atoms with E-state index in [9.17, 15) is 14.0 Å². The molecule has 1 aromatic heterocycles. The van der Waals surface area contributed by atoms with Gasteiger partial charge in [0, 0.05) is 0 Å². The Balaban J connectivity index is 1.71. The van der Waals surface area contributed by atoms with Crippen molar-refractivity contribution >= 4 is 22.8 Å². The van der Waals surface area contributed by atoms with Crippen LogP contribution in [0.2, 0.25) is 0 Å². The molecule has 6 nitrogen and oxygen atoms in total. The number of hydrogen-bond acceptors (Lipinski definition) is 5. The van der Waals surface area contributed by atoms with Gasteiger partial charge in [-0.2, -0.15) is 0 Å². The zero-order valence-electron chi connectivity index (χ0n) is 16.4. The van der Waals surface area contributed by atoms with Gasteiger partial charge in [-0.3, -0.25) is 14.9 Å². The Hall–Kier alpha value is -4.13. The van der Waals surface area contributed by atoms with E-state index in [1.807, 2.05) is 0 Å². The van der Waals surface area contributed by atoms with Gasteiger partial charge in [0.25, 0.3) is 5.91 Å². The van der Waals surface area contributed by atoms with Crippen LogP contribution in [0.15, 0.2) is 69.9 Å². The number of carbonyl (C=O) groups is 1. The van der Waals surface area contributed by atoms with Crippen LogP contribution < -0.4 is 20.2 Å². The zero-order valence-corrected chi connectivity index (χ0v) is 16.4. The molecule has 4 aromatic rings. The van der Waals surface area contributed by atoms with Crippen molar-refractivity contribution in [3.8, 4) is 22.6 Å². The first-order chi connectivity index (χ1) is 15.0. The number of hydrogen-bond donors (Lipinski definition) is 1. The lowest BCUT2D eigenvalue weighted by atomic mass is 10.0. The van der Waals surface area contributed by atoms with Gasteiger partial charge < -0.3 is 13.9 Å². The number of halogens is 1. The van der Waals surface area contributed by atoms with E-state index in [4.69, 9.17) is 13.9 Å². The molecule has 1 amide bonds. The Labute approximate surface area is 175 Å². The molecule has 0 saturated heterocycles. The molecule has 5 rings (SSSR count). The molecular weight excluding hydrogens is 401 g/mol. The zero-order chi connectivity index (χ0) is 21.5. The number of nitrogens with one attached hydrogen (secondary N) is 1. The largest absolute Gasteiger partial charge is 0.454 e. The van der Waals surface area contributed by atoms with Gasteiger partial charge in [-0.05, 0) is 48.4 Å². The Bertz CT molecular complexity index is 1410. The third-order valence-electron chi connectivity index (χ3n) is 5.12. The van der Waals surface area contributed by atoms with Gasteiger partial charge >= 0.3 is 0 Å². The molecule has 0 aliphatic carbocycles. The van der Waals surface area contributed by atoms with Gasteiger partial charge in [0.05, 0.1) is 16.5 Å². The second kappa shape index (κ2) is 7.28. The molecule has 7 heteroatoms. The van der Waals surface area contributed by atoms with Crippen molar-refractivity contribution in [2.75, 3.05) is 12.1 Å². The Morgan fingerprint density at radius 1 is 1.00 bits per heavy atom. The number of fused-ring (bicyclic) bond motifs is 2. The van der Waals surface area contributed by atoms with Crippen LogP contribution in [0.25, 0.3) is 22.1 Å². The van der Waals surface area contributed by atoms with E-state index in [0.717, 1.165) is 5.56 Å². The molecule has 3 aromatic carbocycles. The van der Waals surface area contributed by atoms with Crippen molar-refractivity contribution in [3.63, 3.8) is 0 Å². The second-order valence-corrected chi connectivity index (χ2v) is 7.09. The summed E-state index contributed by atoms with van der Waals surface area (Å²) in [6, 6.07) is 15.8. The highest BCUT2D eigenvalue weighted by molar-refractivity contribution is 6.06. The minimum Gasteiger partial charge on any atom is -0.454 e. The maximum atomic E-state index is 14.1. The van der Waals surface area contributed by atoms with E-state index in [1.165, 1.54) is 18.2 Å². The molecule has 0 bridgehead atoms. The lowest BCUT2D eigenvalue weighted by Gasteiger charge is -2.13. The van der Waals surface area contributed by atoms with Gasteiger partial charge in [0.2, 0.25) is 18.1 Å². The van der Waals surface area contributed by atoms with Gasteiger partial charge in [-0.25, -0.2) is 4.39 Å². The third-order valence-corrected chi connectivity index (χ3v) is 5.12. The molecule has 0 spiro atoms. The molecule has 0 atom stereocenters. The number of aryl methyl sites for hydroxylation is 1. The van der Waals surface area contributed by atoms with Crippen LogP contribution in [0.1, 0.15) is 15.9 Å². The number of para-hydroxylation sites is 1. The molecule has 1 aliphatic heterocycles. The van der Waals surface area contributed by atoms with Crippen molar-refractivity contribution in [2.45, 2.75) is 6.92 Å². The maximum Gasteiger partial charge on any atom is 0.260 e. The molecule has 0 fully saturated rings. The molecule has 1 aliphatic rings. The molecule has 31 heavy (non-hydrogen) atoms. The minimum atomic E-state index is -0.726. The van der Waals surface area contributed by atoms with Crippen LogP contribution in [-0.2, 0) is 0 Å². The molecule has 2 heterocycles. The molecule has 0 unspecified atom stereocenters. The maximum absolute atomic E-state index is 14.1. The van der Waals surface area contributed by atoms with E-state index < -0.39 is 11.7 Å². The summed E-state index contributed by atoms with van der Waals surface area (Å²) in [5, 5.41) is 2.95. The first-order valence-corrected chi connectivity index (χ1v) is 9.55. The van der Waals surface area contributed by atoms with E-state index >= 15 is 0 Å². The van der Waals surface area contributed by atoms with Crippen molar-refractivity contribution < 1.29 is 23.1 Å². The molecule has 154 valence electrons. The summed E-state index contributed by atoms with van der Waals surface area (Å²) in [5.41, 5.74) is 1.21. The SMILES string of the molecule is Cc1cccc2c(=O)c(-c3ccc4c(c3)OCO4)c(NC(=O)c3ccccc3F)oc12. The monoisotopic (exact) mass is 417 g/mol. The number of ether oxygens (including phenoxy) is 2. The van der Waals surface area contributed by atoms with Crippen molar-refractivity contribution in [3.05, 3.63) is 87.8 Å². The first-order valence-electron chi connectivity index (χ1n) is 9.55. The fourth-order valence-corrected chi connectivity index (χ4v) is 3.58. The number of rotatable bonds is 3. The van der Waals surface area contributed by atoms with Gasteiger partial charge in [0.15, 0.2) is 11.5 Å². The molecule has 0 saturated carbocycles. The van der Waals surface area contributed by atoms with E-state index in [0.29, 0.717) is 28.0 Å². The fourth-order valence-electron chi connectivity index (χ4n) is 3.58. The lowest BCUT2D eigenvalue weighted by Crippen LogP contribution is -2.17. The summed E-state index contributed by atoms with van der Waals surface area (Å²) in [6.07, 6.45) is 0. The summed E-state index contributed by atoms with van der Waals surface area (Å²) in [6.45, 7) is 1.88. The second-order valence-electron chi connectivity index (χ2n) is 7.09. The van der Waals surface area contributed by atoms with Crippen LogP contribution in [0, 0.1) is 12.7 Å². The van der Waals surface area contributed by atoms with Crippen LogP contribution in [0.4, 0.5) is 10.3 Å². The van der Waals surface area contributed by atoms with Crippen LogP contribution in [-0.4, -0.2) is 12.7 Å². The average Bonchev–Trinajstić information content (AvgIpc) is 3.23. The van der Waals surface area contributed by atoms with E-state index in [1.54, 1.807) is 49.4 Å². The van der Waals surface area contributed by atoms with Gasteiger partial charge in [-0.1, -0.05) is 30.3 Å². The Morgan fingerprint density at radius 2 is 1.81 bits per heavy atom. The first kappa shape index (κ1) is 18.9. The summed E-state index contributed by atoms with van der Waals surface area (Å²) in [7, 11) is 0. The minimum absolute atomic E-state index is 0.0704. The Morgan fingerprint density at radius 3 is 2.65 bits per heavy atom. The lowest BCUT2D eigenvalue weighted by molar-refractivity contribution is 0.102. The van der Waals surface area contributed by atoms with Crippen molar-refractivity contribution in [1.82, 2.24) is 0 Å². The summed E-state index contributed by atoms with van der Waals surface area (Å²) < 4.78 is 30.9. The topological polar surface area (TPSA) is 77.8 Å². The van der Waals surface area contributed by atoms with Crippen LogP contribution >= 0.6 is 0 Å². The predicted molar refractivity (Wildman–Crippen MR) is 113 cm³/mol. The van der Waals surface area contributed by atoms with Crippen LogP contribution in [0.5, 0.6) is 11.5 Å². The number of carbonyl (C=O) groups excluding carboxylic acids is 1. The molecule has 1 N–H and O–H groups in total. The van der Waals surface area contributed by atoms with E-state index in [2.05, 4.69) is 5.32 Å².